The van der Waals surface area contributed by atoms with E-state index in [2.05, 4.69) is 33.1 Å². The van der Waals surface area contributed by atoms with Gasteiger partial charge in [-0.15, -0.1) is 0 Å². The smallest absolute Gasteiger partial charge is 0.296 e. The molecule has 20 heavy (non-hydrogen) atoms. The first kappa shape index (κ1) is 13.6. The quantitative estimate of drug-likeness (QED) is 0.800. The lowest BCUT2D eigenvalue weighted by Gasteiger charge is -2.30. The fourth-order valence-electron chi connectivity index (χ4n) is 3.01. The van der Waals surface area contributed by atoms with E-state index in [0.29, 0.717) is 17.3 Å². The third kappa shape index (κ3) is 2.24. The molecule has 0 saturated carbocycles. The minimum absolute atomic E-state index is 0.448. The molecule has 1 amide bonds. The van der Waals surface area contributed by atoms with Gasteiger partial charge in [0.15, 0.2) is 0 Å². The molecule has 2 aliphatic rings. The van der Waals surface area contributed by atoms with Crippen LogP contribution in [0.15, 0.2) is 16.6 Å². The largest absolute Gasteiger partial charge is 0.368 e. The number of fused-ring (bicyclic) bond motifs is 1. The fourth-order valence-corrected chi connectivity index (χ4v) is 3.58. The van der Waals surface area contributed by atoms with Crippen molar-refractivity contribution in [2.45, 2.75) is 38.6 Å². The van der Waals surface area contributed by atoms with Crippen molar-refractivity contribution in [3.63, 3.8) is 0 Å². The molecule has 2 heterocycles. The van der Waals surface area contributed by atoms with Crippen LogP contribution in [0, 0.1) is 0 Å². The van der Waals surface area contributed by atoms with E-state index in [1.54, 1.807) is 6.07 Å². The normalized spacial score (nSPS) is 22.5. The highest BCUT2D eigenvalue weighted by molar-refractivity contribution is 9.10. The highest BCUT2D eigenvalue weighted by Gasteiger charge is 2.30. The van der Waals surface area contributed by atoms with E-state index in [9.17, 15) is 9.59 Å². The third-order valence-electron chi connectivity index (χ3n) is 4.15. The van der Waals surface area contributed by atoms with Crippen LogP contribution in [0.5, 0.6) is 0 Å². The lowest BCUT2D eigenvalue weighted by atomic mass is 10.1. The molecule has 1 atom stereocenters. The summed E-state index contributed by atoms with van der Waals surface area (Å²) >= 11 is 3.55. The standard InChI is InChI=1S/C15H17BrN2O2/c1-9-5-3-2-4-6-18(9)13-8-12-10(7-11(13)16)14(19)15(20)17-12/h7-9H,2-6H2,1H3,(H,17,19,20). The van der Waals surface area contributed by atoms with Gasteiger partial charge < -0.3 is 10.2 Å². The van der Waals surface area contributed by atoms with Crippen LogP contribution in [0.3, 0.4) is 0 Å². The van der Waals surface area contributed by atoms with E-state index < -0.39 is 11.7 Å². The van der Waals surface area contributed by atoms with Gasteiger partial charge in [0, 0.05) is 17.1 Å². The summed E-state index contributed by atoms with van der Waals surface area (Å²) in [5.41, 5.74) is 2.16. The zero-order chi connectivity index (χ0) is 14.3. The van der Waals surface area contributed by atoms with Crippen molar-refractivity contribution < 1.29 is 9.59 Å². The Kier molecular flexibility index (Phi) is 3.54. The summed E-state index contributed by atoms with van der Waals surface area (Å²) in [6.45, 7) is 3.25. The van der Waals surface area contributed by atoms with Gasteiger partial charge >= 0.3 is 0 Å². The lowest BCUT2D eigenvalue weighted by molar-refractivity contribution is -0.112. The Morgan fingerprint density at radius 1 is 1.25 bits per heavy atom. The number of carbonyl (C=O) groups is 2. The SMILES string of the molecule is CC1CCCCCN1c1cc2c(cc1Br)C(=O)C(=O)N2. The highest BCUT2D eigenvalue weighted by Crippen LogP contribution is 2.37. The van der Waals surface area contributed by atoms with E-state index in [4.69, 9.17) is 0 Å². The van der Waals surface area contributed by atoms with Crippen molar-refractivity contribution in [3.8, 4) is 0 Å². The van der Waals surface area contributed by atoms with E-state index in [-0.39, 0.29) is 0 Å². The molecule has 0 radical (unpaired) electrons. The number of ketones is 1. The maximum Gasteiger partial charge on any atom is 0.296 e. The summed E-state index contributed by atoms with van der Waals surface area (Å²) < 4.78 is 0.884. The Labute approximate surface area is 126 Å². The Balaban J connectivity index is 2.00. The maximum atomic E-state index is 11.7. The zero-order valence-electron chi connectivity index (χ0n) is 11.4. The van der Waals surface area contributed by atoms with Crippen molar-refractivity contribution in [1.82, 2.24) is 0 Å². The number of nitrogens with one attached hydrogen (secondary N) is 1. The molecule has 5 heteroatoms. The highest BCUT2D eigenvalue weighted by atomic mass is 79.9. The van der Waals surface area contributed by atoms with Crippen LogP contribution >= 0.6 is 15.9 Å². The van der Waals surface area contributed by atoms with Crippen LogP contribution in [0.1, 0.15) is 43.0 Å². The molecule has 0 aromatic heterocycles. The van der Waals surface area contributed by atoms with E-state index in [1.165, 1.54) is 25.7 Å². The van der Waals surface area contributed by atoms with Crippen molar-refractivity contribution in [1.29, 1.82) is 0 Å². The summed E-state index contributed by atoms with van der Waals surface area (Å²) in [6, 6.07) is 4.16. The van der Waals surface area contributed by atoms with Crippen LogP contribution in [0.4, 0.5) is 11.4 Å². The lowest BCUT2D eigenvalue weighted by Crippen LogP contribution is -2.32. The molecule has 2 aliphatic heterocycles. The van der Waals surface area contributed by atoms with Crippen LogP contribution in [0.2, 0.25) is 0 Å². The Morgan fingerprint density at radius 3 is 2.85 bits per heavy atom. The molecular weight excluding hydrogens is 320 g/mol. The molecule has 0 spiro atoms. The number of anilines is 2. The zero-order valence-corrected chi connectivity index (χ0v) is 13.0. The molecule has 4 nitrogen and oxygen atoms in total. The van der Waals surface area contributed by atoms with Crippen LogP contribution < -0.4 is 10.2 Å². The maximum absolute atomic E-state index is 11.7. The van der Waals surface area contributed by atoms with Crippen LogP contribution in [0.25, 0.3) is 0 Å². The van der Waals surface area contributed by atoms with Gasteiger partial charge in [-0.2, -0.15) is 0 Å². The van der Waals surface area contributed by atoms with Gasteiger partial charge in [-0.25, -0.2) is 0 Å². The number of benzene rings is 1. The Bertz CT molecular complexity index is 585. The number of halogens is 1. The van der Waals surface area contributed by atoms with E-state index >= 15 is 0 Å². The summed E-state index contributed by atoms with van der Waals surface area (Å²) in [6.07, 6.45) is 4.88. The number of hydrogen-bond acceptors (Lipinski definition) is 3. The number of nitrogens with zero attached hydrogens (tertiary/aromatic N) is 1. The van der Waals surface area contributed by atoms with Gasteiger partial charge in [0.1, 0.15) is 0 Å². The summed E-state index contributed by atoms with van der Waals surface area (Å²) in [5.74, 6) is -0.982. The van der Waals surface area contributed by atoms with E-state index in [0.717, 1.165) is 16.7 Å². The minimum atomic E-state index is -0.534. The number of amides is 1. The third-order valence-corrected chi connectivity index (χ3v) is 4.78. The molecule has 0 aliphatic carbocycles. The molecular formula is C15H17BrN2O2. The molecule has 0 bridgehead atoms. The number of rotatable bonds is 1. The predicted octanol–water partition coefficient (Wildman–Crippen LogP) is 3.35. The molecule has 1 N–H and O–H groups in total. The molecule has 1 unspecified atom stereocenters. The van der Waals surface area contributed by atoms with E-state index in [1.807, 2.05) is 6.07 Å². The van der Waals surface area contributed by atoms with Crippen LogP contribution in [-0.4, -0.2) is 24.3 Å². The van der Waals surface area contributed by atoms with Gasteiger partial charge in [-0.05, 0) is 47.8 Å². The summed E-state index contributed by atoms with van der Waals surface area (Å²) in [4.78, 5) is 25.5. The van der Waals surface area contributed by atoms with Crippen molar-refractivity contribution >= 4 is 39.0 Å². The van der Waals surface area contributed by atoms with Gasteiger partial charge in [0.25, 0.3) is 11.7 Å². The number of carbonyl (C=O) groups excluding carboxylic acids is 2. The summed E-state index contributed by atoms with van der Waals surface area (Å²) in [5, 5.41) is 2.65. The Morgan fingerprint density at radius 2 is 2.05 bits per heavy atom. The second kappa shape index (κ2) is 5.20. The molecule has 1 fully saturated rings. The first-order chi connectivity index (χ1) is 9.58. The van der Waals surface area contributed by atoms with Gasteiger partial charge in [-0.3, -0.25) is 9.59 Å². The first-order valence-corrected chi connectivity index (χ1v) is 7.83. The second-order valence-electron chi connectivity index (χ2n) is 5.52. The van der Waals surface area contributed by atoms with Crippen molar-refractivity contribution in [2.75, 3.05) is 16.8 Å². The van der Waals surface area contributed by atoms with Crippen molar-refractivity contribution in [2.24, 2.45) is 0 Å². The molecule has 1 aromatic rings. The number of Topliss-reactive ketones (excluding diaryl/α,β-unsaturated/α-hetero) is 1. The van der Waals surface area contributed by atoms with Gasteiger partial charge in [0.05, 0.1) is 16.9 Å². The minimum Gasteiger partial charge on any atom is -0.368 e. The monoisotopic (exact) mass is 336 g/mol. The van der Waals surface area contributed by atoms with Crippen LogP contribution in [-0.2, 0) is 4.79 Å². The average Bonchev–Trinajstić information content (AvgIpc) is 2.60. The molecule has 1 aromatic carbocycles. The molecule has 3 rings (SSSR count). The molecule has 106 valence electrons. The predicted molar refractivity (Wildman–Crippen MR) is 82.4 cm³/mol. The second-order valence-corrected chi connectivity index (χ2v) is 6.38. The number of hydrogen-bond donors (Lipinski definition) is 1. The summed E-state index contributed by atoms with van der Waals surface area (Å²) in [7, 11) is 0. The first-order valence-electron chi connectivity index (χ1n) is 7.04. The van der Waals surface area contributed by atoms with Gasteiger partial charge in [0.2, 0.25) is 0 Å². The van der Waals surface area contributed by atoms with Crippen molar-refractivity contribution in [3.05, 3.63) is 22.2 Å². The topological polar surface area (TPSA) is 49.4 Å². The fraction of sp³-hybridized carbons (Fsp3) is 0.467. The van der Waals surface area contributed by atoms with Gasteiger partial charge in [-0.1, -0.05) is 12.8 Å². The average molecular weight is 337 g/mol. The molecule has 1 saturated heterocycles. The Hall–Kier alpha value is -1.36.